The normalized spacial score (nSPS) is 13.3. The summed E-state index contributed by atoms with van der Waals surface area (Å²) in [5.41, 5.74) is 2.50. The third-order valence-corrected chi connectivity index (χ3v) is 3.96. The maximum Gasteiger partial charge on any atom is 0.127 e. The molecule has 0 spiro atoms. The molecule has 2 heterocycles. The number of nitrogens with zero attached hydrogens (tertiary/aromatic N) is 2. The van der Waals surface area contributed by atoms with Crippen molar-refractivity contribution < 1.29 is 4.74 Å². The highest BCUT2D eigenvalue weighted by molar-refractivity contribution is 9.10. The van der Waals surface area contributed by atoms with E-state index in [1.165, 1.54) is 11.1 Å². The van der Waals surface area contributed by atoms with E-state index >= 15 is 0 Å². The molecule has 0 amide bonds. The standard InChI is InChI=1S/C15H18BrN3O/c1-2-17-9-14-18-4-5-19(14)10-12-8-13(16)7-11-3-6-20-15(11)12/h4-5,7-8,17H,2-3,6,9-10H2,1H3. The molecule has 5 heteroatoms. The van der Waals surface area contributed by atoms with Gasteiger partial charge >= 0.3 is 0 Å². The van der Waals surface area contributed by atoms with Crippen molar-refractivity contribution >= 4 is 15.9 Å². The van der Waals surface area contributed by atoms with E-state index in [0.29, 0.717) is 0 Å². The number of aromatic nitrogens is 2. The molecule has 0 atom stereocenters. The SMILES string of the molecule is CCNCc1nccn1Cc1cc(Br)cc2c1OCC2. The lowest BCUT2D eigenvalue weighted by atomic mass is 10.1. The fourth-order valence-corrected chi connectivity index (χ4v) is 3.09. The summed E-state index contributed by atoms with van der Waals surface area (Å²) in [6.07, 6.45) is 4.87. The van der Waals surface area contributed by atoms with Gasteiger partial charge in [-0.15, -0.1) is 0 Å². The predicted molar refractivity (Wildman–Crippen MR) is 82.1 cm³/mol. The van der Waals surface area contributed by atoms with Gasteiger partial charge in [0.15, 0.2) is 0 Å². The van der Waals surface area contributed by atoms with Crippen molar-refractivity contribution in [1.29, 1.82) is 0 Å². The minimum atomic E-state index is 0.785. The Labute approximate surface area is 127 Å². The van der Waals surface area contributed by atoms with Gasteiger partial charge in [-0.25, -0.2) is 4.98 Å². The summed E-state index contributed by atoms with van der Waals surface area (Å²) in [6, 6.07) is 4.29. The molecule has 106 valence electrons. The van der Waals surface area contributed by atoms with Crippen molar-refractivity contribution in [3.63, 3.8) is 0 Å². The molecule has 2 aromatic rings. The lowest BCUT2D eigenvalue weighted by Crippen LogP contribution is -2.16. The van der Waals surface area contributed by atoms with Gasteiger partial charge in [-0.2, -0.15) is 0 Å². The molecule has 3 rings (SSSR count). The van der Waals surface area contributed by atoms with Crippen LogP contribution in [0.4, 0.5) is 0 Å². The first-order chi connectivity index (χ1) is 9.78. The number of rotatable bonds is 5. The maximum absolute atomic E-state index is 5.78. The van der Waals surface area contributed by atoms with Crippen LogP contribution in [0.25, 0.3) is 0 Å². The van der Waals surface area contributed by atoms with Crippen molar-refractivity contribution in [2.45, 2.75) is 26.4 Å². The van der Waals surface area contributed by atoms with E-state index in [2.05, 4.69) is 49.9 Å². The molecular formula is C15H18BrN3O. The second-order valence-electron chi connectivity index (χ2n) is 4.90. The molecular weight excluding hydrogens is 318 g/mol. The molecule has 0 aliphatic carbocycles. The molecule has 0 saturated heterocycles. The van der Waals surface area contributed by atoms with Crippen molar-refractivity contribution in [3.05, 3.63) is 46.0 Å². The van der Waals surface area contributed by atoms with Crippen LogP contribution in [0, 0.1) is 0 Å². The van der Waals surface area contributed by atoms with Crippen LogP contribution in [0.5, 0.6) is 5.75 Å². The number of benzene rings is 1. The Morgan fingerprint density at radius 1 is 1.45 bits per heavy atom. The Bertz CT molecular complexity index is 609. The van der Waals surface area contributed by atoms with Crippen LogP contribution in [0.2, 0.25) is 0 Å². The number of halogens is 1. The topological polar surface area (TPSA) is 39.1 Å². The average Bonchev–Trinajstić information content (AvgIpc) is 3.05. The van der Waals surface area contributed by atoms with Crippen LogP contribution >= 0.6 is 15.9 Å². The summed E-state index contributed by atoms with van der Waals surface area (Å²) in [5, 5.41) is 3.32. The number of fused-ring (bicyclic) bond motifs is 1. The Kier molecular flexibility index (Phi) is 4.08. The monoisotopic (exact) mass is 335 g/mol. The minimum Gasteiger partial charge on any atom is -0.493 e. The highest BCUT2D eigenvalue weighted by atomic mass is 79.9. The van der Waals surface area contributed by atoms with E-state index in [-0.39, 0.29) is 0 Å². The number of imidazole rings is 1. The van der Waals surface area contributed by atoms with Crippen LogP contribution in [-0.2, 0) is 19.5 Å². The van der Waals surface area contributed by atoms with Crippen molar-refractivity contribution in [3.8, 4) is 5.75 Å². The summed E-state index contributed by atoms with van der Waals surface area (Å²) in [7, 11) is 0. The van der Waals surface area contributed by atoms with Crippen LogP contribution in [0.3, 0.4) is 0 Å². The lowest BCUT2D eigenvalue weighted by Gasteiger charge is -2.12. The molecule has 1 aromatic heterocycles. The van der Waals surface area contributed by atoms with Crippen LogP contribution in [0.1, 0.15) is 23.9 Å². The Morgan fingerprint density at radius 2 is 2.35 bits per heavy atom. The van der Waals surface area contributed by atoms with E-state index in [4.69, 9.17) is 4.74 Å². The smallest absolute Gasteiger partial charge is 0.127 e. The van der Waals surface area contributed by atoms with Gasteiger partial charge in [0.1, 0.15) is 11.6 Å². The number of ether oxygens (including phenoxy) is 1. The van der Waals surface area contributed by atoms with Gasteiger partial charge in [0.25, 0.3) is 0 Å². The fourth-order valence-electron chi connectivity index (χ4n) is 2.53. The largest absolute Gasteiger partial charge is 0.493 e. The molecule has 1 N–H and O–H groups in total. The molecule has 20 heavy (non-hydrogen) atoms. The lowest BCUT2D eigenvalue weighted by molar-refractivity contribution is 0.352. The van der Waals surface area contributed by atoms with Crippen molar-refractivity contribution in [2.75, 3.05) is 13.2 Å². The van der Waals surface area contributed by atoms with Crippen molar-refractivity contribution in [1.82, 2.24) is 14.9 Å². The summed E-state index contributed by atoms with van der Waals surface area (Å²) in [4.78, 5) is 4.41. The summed E-state index contributed by atoms with van der Waals surface area (Å²) in [6.45, 7) is 5.42. The van der Waals surface area contributed by atoms with Gasteiger partial charge in [0.2, 0.25) is 0 Å². The Morgan fingerprint density at radius 3 is 3.20 bits per heavy atom. The van der Waals surface area contributed by atoms with E-state index in [1.807, 2.05) is 12.4 Å². The summed E-state index contributed by atoms with van der Waals surface area (Å²) >= 11 is 3.59. The van der Waals surface area contributed by atoms with Gasteiger partial charge in [-0.1, -0.05) is 22.9 Å². The summed E-state index contributed by atoms with van der Waals surface area (Å²) in [5.74, 6) is 2.11. The second-order valence-corrected chi connectivity index (χ2v) is 5.82. The summed E-state index contributed by atoms with van der Waals surface area (Å²) < 4.78 is 9.07. The predicted octanol–water partition coefficient (Wildman–Crippen LogP) is 2.74. The number of hydrogen-bond acceptors (Lipinski definition) is 3. The second kappa shape index (κ2) is 5.97. The molecule has 0 saturated carbocycles. The third kappa shape index (κ3) is 2.74. The number of hydrogen-bond donors (Lipinski definition) is 1. The van der Waals surface area contributed by atoms with E-state index in [1.54, 1.807) is 0 Å². The molecule has 4 nitrogen and oxygen atoms in total. The number of nitrogens with one attached hydrogen (secondary N) is 1. The first kappa shape index (κ1) is 13.6. The van der Waals surface area contributed by atoms with E-state index < -0.39 is 0 Å². The van der Waals surface area contributed by atoms with Crippen LogP contribution < -0.4 is 10.1 Å². The van der Waals surface area contributed by atoms with Crippen LogP contribution in [-0.4, -0.2) is 22.7 Å². The zero-order valence-electron chi connectivity index (χ0n) is 11.5. The first-order valence-corrected chi connectivity index (χ1v) is 7.72. The molecule has 1 aliphatic heterocycles. The Balaban J connectivity index is 1.87. The zero-order chi connectivity index (χ0) is 13.9. The molecule has 0 radical (unpaired) electrons. The van der Waals surface area contributed by atoms with Gasteiger partial charge < -0.3 is 14.6 Å². The van der Waals surface area contributed by atoms with Gasteiger partial charge in [-0.05, 0) is 24.2 Å². The fraction of sp³-hybridized carbons (Fsp3) is 0.400. The highest BCUT2D eigenvalue weighted by Gasteiger charge is 2.18. The zero-order valence-corrected chi connectivity index (χ0v) is 13.1. The molecule has 0 fully saturated rings. The van der Waals surface area contributed by atoms with E-state index in [9.17, 15) is 0 Å². The van der Waals surface area contributed by atoms with E-state index in [0.717, 1.165) is 48.7 Å². The first-order valence-electron chi connectivity index (χ1n) is 6.92. The minimum absolute atomic E-state index is 0.785. The Hall–Kier alpha value is -1.33. The van der Waals surface area contributed by atoms with Gasteiger partial charge in [-0.3, -0.25) is 0 Å². The van der Waals surface area contributed by atoms with Gasteiger partial charge in [0.05, 0.1) is 19.7 Å². The highest BCUT2D eigenvalue weighted by Crippen LogP contribution is 2.33. The molecule has 0 bridgehead atoms. The molecule has 1 aliphatic rings. The third-order valence-electron chi connectivity index (χ3n) is 3.50. The average molecular weight is 336 g/mol. The van der Waals surface area contributed by atoms with Crippen molar-refractivity contribution in [2.24, 2.45) is 0 Å². The molecule has 1 aromatic carbocycles. The quantitative estimate of drug-likeness (QED) is 0.913. The molecule has 0 unspecified atom stereocenters. The maximum atomic E-state index is 5.78. The van der Waals surface area contributed by atoms with Gasteiger partial charge in [0, 0.05) is 28.9 Å². The van der Waals surface area contributed by atoms with Crippen LogP contribution in [0.15, 0.2) is 29.0 Å².